The zero-order valence-corrected chi connectivity index (χ0v) is 9.77. The summed E-state index contributed by atoms with van der Waals surface area (Å²) in [5, 5.41) is 0. The SMILES string of the molecule is CC(C)CCCOC(=O)c1ncccc1N. The van der Waals surface area contributed by atoms with Gasteiger partial charge in [0.05, 0.1) is 12.3 Å². The lowest BCUT2D eigenvalue weighted by molar-refractivity contribution is 0.0489. The van der Waals surface area contributed by atoms with Crippen molar-refractivity contribution in [3.05, 3.63) is 24.0 Å². The molecule has 0 bridgehead atoms. The Labute approximate surface area is 95.8 Å². The van der Waals surface area contributed by atoms with Crippen LogP contribution in [0.3, 0.4) is 0 Å². The fourth-order valence-electron chi connectivity index (χ4n) is 1.31. The van der Waals surface area contributed by atoms with Crippen LogP contribution in [0.4, 0.5) is 5.69 Å². The summed E-state index contributed by atoms with van der Waals surface area (Å²) in [5.41, 5.74) is 6.17. The van der Waals surface area contributed by atoms with Gasteiger partial charge in [-0.2, -0.15) is 0 Å². The van der Waals surface area contributed by atoms with Crippen molar-refractivity contribution in [2.75, 3.05) is 12.3 Å². The van der Waals surface area contributed by atoms with Gasteiger partial charge in [-0.15, -0.1) is 0 Å². The third-order valence-electron chi connectivity index (χ3n) is 2.19. The van der Waals surface area contributed by atoms with Crippen molar-refractivity contribution in [2.24, 2.45) is 5.92 Å². The number of carbonyl (C=O) groups is 1. The van der Waals surface area contributed by atoms with Crippen LogP contribution < -0.4 is 5.73 Å². The minimum atomic E-state index is -0.443. The molecule has 0 amide bonds. The highest BCUT2D eigenvalue weighted by Crippen LogP contribution is 2.09. The summed E-state index contributed by atoms with van der Waals surface area (Å²) < 4.78 is 5.08. The summed E-state index contributed by atoms with van der Waals surface area (Å²) in [6.07, 6.45) is 3.45. The number of esters is 1. The molecule has 0 aromatic carbocycles. The monoisotopic (exact) mass is 222 g/mol. The second kappa shape index (κ2) is 6.10. The second-order valence-corrected chi connectivity index (χ2v) is 4.11. The maximum atomic E-state index is 11.5. The number of hydrogen-bond donors (Lipinski definition) is 1. The van der Waals surface area contributed by atoms with Gasteiger partial charge in [-0.3, -0.25) is 0 Å². The molecule has 1 aromatic rings. The lowest BCUT2D eigenvalue weighted by Crippen LogP contribution is -2.11. The smallest absolute Gasteiger partial charge is 0.359 e. The van der Waals surface area contributed by atoms with Gasteiger partial charge in [-0.05, 0) is 30.9 Å². The minimum Gasteiger partial charge on any atom is -0.461 e. The number of nitrogens with two attached hydrogens (primary N) is 1. The Morgan fingerprint density at radius 1 is 1.56 bits per heavy atom. The molecule has 0 aliphatic rings. The maximum absolute atomic E-state index is 11.5. The summed E-state index contributed by atoms with van der Waals surface area (Å²) in [7, 11) is 0. The zero-order chi connectivity index (χ0) is 12.0. The predicted molar refractivity (Wildman–Crippen MR) is 63.0 cm³/mol. The molecular formula is C12H18N2O2. The van der Waals surface area contributed by atoms with E-state index in [1.165, 1.54) is 6.20 Å². The van der Waals surface area contributed by atoms with Crippen molar-refractivity contribution in [2.45, 2.75) is 26.7 Å². The number of hydrogen-bond acceptors (Lipinski definition) is 4. The van der Waals surface area contributed by atoms with Crippen LogP contribution in [0.1, 0.15) is 37.2 Å². The summed E-state index contributed by atoms with van der Waals surface area (Å²) >= 11 is 0. The Bertz CT molecular complexity index is 351. The first kappa shape index (κ1) is 12.5. The standard InChI is InChI=1S/C12H18N2O2/c1-9(2)5-4-8-16-12(15)11-10(13)6-3-7-14-11/h3,6-7,9H,4-5,8,13H2,1-2H3. The third-order valence-corrected chi connectivity index (χ3v) is 2.19. The molecule has 0 atom stereocenters. The lowest BCUT2D eigenvalue weighted by atomic mass is 10.1. The largest absolute Gasteiger partial charge is 0.461 e. The molecule has 0 saturated carbocycles. The third kappa shape index (κ3) is 3.88. The van der Waals surface area contributed by atoms with E-state index in [1.807, 2.05) is 0 Å². The first-order valence-electron chi connectivity index (χ1n) is 5.49. The van der Waals surface area contributed by atoms with Gasteiger partial charge in [0, 0.05) is 6.20 Å². The van der Waals surface area contributed by atoms with Gasteiger partial charge in [0.1, 0.15) is 0 Å². The number of carbonyl (C=O) groups excluding carboxylic acids is 1. The normalized spacial score (nSPS) is 10.4. The van der Waals surface area contributed by atoms with E-state index in [-0.39, 0.29) is 5.69 Å². The lowest BCUT2D eigenvalue weighted by Gasteiger charge is -2.07. The molecule has 1 heterocycles. The van der Waals surface area contributed by atoms with E-state index in [2.05, 4.69) is 18.8 Å². The van der Waals surface area contributed by atoms with Gasteiger partial charge in [-0.25, -0.2) is 9.78 Å². The molecule has 0 radical (unpaired) electrons. The molecule has 0 saturated heterocycles. The van der Waals surface area contributed by atoms with E-state index in [9.17, 15) is 4.79 Å². The van der Waals surface area contributed by atoms with E-state index in [0.29, 0.717) is 18.2 Å². The zero-order valence-electron chi connectivity index (χ0n) is 9.77. The van der Waals surface area contributed by atoms with E-state index in [0.717, 1.165) is 12.8 Å². The Morgan fingerprint density at radius 3 is 2.94 bits per heavy atom. The van der Waals surface area contributed by atoms with Crippen molar-refractivity contribution < 1.29 is 9.53 Å². The summed E-state index contributed by atoms with van der Waals surface area (Å²) in [5.74, 6) is 0.181. The molecule has 0 aliphatic carbocycles. The van der Waals surface area contributed by atoms with Gasteiger partial charge < -0.3 is 10.5 Å². The highest BCUT2D eigenvalue weighted by Gasteiger charge is 2.11. The average molecular weight is 222 g/mol. The molecule has 4 nitrogen and oxygen atoms in total. The first-order valence-corrected chi connectivity index (χ1v) is 5.49. The van der Waals surface area contributed by atoms with Crippen LogP contribution in [0, 0.1) is 5.92 Å². The maximum Gasteiger partial charge on any atom is 0.359 e. The first-order chi connectivity index (χ1) is 7.61. The Kier molecular flexibility index (Phi) is 4.76. The minimum absolute atomic E-state index is 0.201. The number of nitrogens with zero attached hydrogens (tertiary/aromatic N) is 1. The van der Waals surface area contributed by atoms with Gasteiger partial charge in [0.2, 0.25) is 0 Å². The molecule has 16 heavy (non-hydrogen) atoms. The Morgan fingerprint density at radius 2 is 2.31 bits per heavy atom. The van der Waals surface area contributed by atoms with Gasteiger partial charge in [0.25, 0.3) is 0 Å². The number of nitrogen functional groups attached to an aromatic ring is 1. The average Bonchev–Trinajstić information content (AvgIpc) is 2.24. The Hall–Kier alpha value is -1.58. The number of pyridine rings is 1. The highest BCUT2D eigenvalue weighted by molar-refractivity contribution is 5.92. The molecule has 4 heteroatoms. The summed E-state index contributed by atoms with van der Waals surface area (Å²) in [6.45, 7) is 4.70. The van der Waals surface area contributed by atoms with Gasteiger partial charge in [-0.1, -0.05) is 13.8 Å². The van der Waals surface area contributed by atoms with Crippen LogP contribution in [0.5, 0.6) is 0 Å². The quantitative estimate of drug-likeness (QED) is 0.613. The molecule has 2 N–H and O–H groups in total. The molecule has 0 spiro atoms. The van der Waals surface area contributed by atoms with E-state index in [1.54, 1.807) is 12.1 Å². The molecule has 0 unspecified atom stereocenters. The topological polar surface area (TPSA) is 65.2 Å². The van der Waals surface area contributed by atoms with Crippen LogP contribution in [-0.4, -0.2) is 17.6 Å². The number of anilines is 1. The Balaban J connectivity index is 2.39. The predicted octanol–water partition coefficient (Wildman–Crippen LogP) is 2.26. The van der Waals surface area contributed by atoms with Crippen molar-refractivity contribution in [1.29, 1.82) is 0 Å². The van der Waals surface area contributed by atoms with Crippen molar-refractivity contribution in [3.63, 3.8) is 0 Å². The molecule has 0 fully saturated rings. The van der Waals surface area contributed by atoms with E-state index in [4.69, 9.17) is 10.5 Å². The van der Waals surface area contributed by atoms with Crippen molar-refractivity contribution in [1.82, 2.24) is 4.98 Å². The number of ether oxygens (including phenoxy) is 1. The van der Waals surface area contributed by atoms with Crippen molar-refractivity contribution in [3.8, 4) is 0 Å². The van der Waals surface area contributed by atoms with Crippen LogP contribution in [-0.2, 0) is 4.74 Å². The second-order valence-electron chi connectivity index (χ2n) is 4.11. The molecule has 1 aromatic heterocycles. The fraction of sp³-hybridized carbons (Fsp3) is 0.500. The molecule has 88 valence electrons. The van der Waals surface area contributed by atoms with Gasteiger partial charge in [0.15, 0.2) is 5.69 Å². The van der Waals surface area contributed by atoms with E-state index < -0.39 is 5.97 Å². The molecule has 1 rings (SSSR count). The number of rotatable bonds is 5. The van der Waals surface area contributed by atoms with E-state index >= 15 is 0 Å². The van der Waals surface area contributed by atoms with Crippen LogP contribution in [0.15, 0.2) is 18.3 Å². The molecule has 0 aliphatic heterocycles. The fourth-order valence-corrected chi connectivity index (χ4v) is 1.31. The number of aromatic nitrogens is 1. The molecular weight excluding hydrogens is 204 g/mol. The summed E-state index contributed by atoms with van der Waals surface area (Å²) in [4.78, 5) is 15.4. The summed E-state index contributed by atoms with van der Waals surface area (Å²) in [6, 6.07) is 3.32. The highest BCUT2D eigenvalue weighted by atomic mass is 16.5. The van der Waals surface area contributed by atoms with Crippen LogP contribution in [0.2, 0.25) is 0 Å². The van der Waals surface area contributed by atoms with Gasteiger partial charge >= 0.3 is 5.97 Å². The van der Waals surface area contributed by atoms with Crippen molar-refractivity contribution >= 4 is 11.7 Å². The van der Waals surface area contributed by atoms with Crippen LogP contribution in [0.25, 0.3) is 0 Å². The van der Waals surface area contributed by atoms with Crippen LogP contribution >= 0.6 is 0 Å².